The number of nitrogens with zero attached hydrogens (tertiary/aromatic N) is 2. The number of hydrogen-bond donors (Lipinski definition) is 0. The third-order valence-corrected chi connectivity index (χ3v) is 2.88. The summed E-state index contributed by atoms with van der Waals surface area (Å²) in [7, 11) is 1.51. The maximum Gasteiger partial charge on any atom is 0.233 e. The summed E-state index contributed by atoms with van der Waals surface area (Å²) >= 11 is 3.37. The summed E-state index contributed by atoms with van der Waals surface area (Å²) < 4.78 is 5.84. The van der Waals surface area contributed by atoms with E-state index in [4.69, 9.17) is 4.74 Å². The number of hydrogen-bond acceptors (Lipinski definition) is 4. The van der Waals surface area contributed by atoms with Crippen molar-refractivity contribution >= 4 is 21.7 Å². The Morgan fingerprint density at radius 3 is 2.72 bits per heavy atom. The molecule has 0 spiro atoms. The number of benzene rings is 1. The van der Waals surface area contributed by atoms with Crippen molar-refractivity contribution in [1.29, 1.82) is 0 Å². The van der Waals surface area contributed by atoms with Gasteiger partial charge >= 0.3 is 0 Å². The smallest absolute Gasteiger partial charge is 0.233 e. The number of ether oxygens (including phenoxy) is 1. The lowest BCUT2D eigenvalue weighted by molar-refractivity contribution is 0.0987. The van der Waals surface area contributed by atoms with Gasteiger partial charge in [0.15, 0.2) is 5.78 Å². The van der Waals surface area contributed by atoms with E-state index < -0.39 is 0 Å². The molecule has 0 bridgehead atoms. The Morgan fingerprint density at radius 1 is 1.28 bits per heavy atom. The van der Waals surface area contributed by atoms with Gasteiger partial charge in [0.25, 0.3) is 0 Å². The van der Waals surface area contributed by atoms with Crippen LogP contribution in [0.2, 0.25) is 0 Å². The van der Waals surface area contributed by atoms with Gasteiger partial charge in [0.1, 0.15) is 5.69 Å². The third kappa shape index (κ3) is 3.13. The lowest BCUT2D eigenvalue weighted by Crippen LogP contribution is -2.07. The van der Waals surface area contributed by atoms with E-state index in [2.05, 4.69) is 26.1 Å². The predicted octanol–water partition coefficient (Wildman–Crippen LogP) is 2.67. The molecule has 0 aliphatic rings. The Morgan fingerprint density at radius 2 is 2.11 bits per heavy atom. The number of Topliss-reactive ketones (excluding diaryl/α,β-unsaturated/α-hetero) is 1. The highest BCUT2D eigenvalue weighted by Crippen LogP contribution is 2.13. The molecule has 0 N–H and O–H groups in total. The minimum absolute atomic E-state index is 0.0664. The fraction of sp³-hybridized carbons (Fsp3) is 0.154. The highest BCUT2D eigenvalue weighted by molar-refractivity contribution is 9.10. The molecule has 1 aromatic carbocycles. The molecule has 0 unspecified atom stereocenters. The van der Waals surface area contributed by atoms with Crippen LogP contribution >= 0.6 is 15.9 Å². The molecular formula is C13H11BrN2O2. The zero-order chi connectivity index (χ0) is 13.0. The van der Waals surface area contributed by atoms with E-state index in [0.717, 1.165) is 10.0 Å². The van der Waals surface area contributed by atoms with Crippen LogP contribution in [0.15, 0.2) is 40.9 Å². The highest BCUT2D eigenvalue weighted by Gasteiger charge is 2.09. The van der Waals surface area contributed by atoms with Gasteiger partial charge in [-0.15, -0.1) is 10.2 Å². The molecule has 0 aliphatic carbocycles. The first-order valence-corrected chi connectivity index (χ1v) is 6.13. The topological polar surface area (TPSA) is 52.1 Å². The minimum atomic E-state index is -0.0664. The highest BCUT2D eigenvalue weighted by atomic mass is 79.9. The minimum Gasteiger partial charge on any atom is -0.480 e. The van der Waals surface area contributed by atoms with Crippen LogP contribution in [-0.2, 0) is 6.42 Å². The van der Waals surface area contributed by atoms with Crippen LogP contribution in [0.5, 0.6) is 5.88 Å². The van der Waals surface area contributed by atoms with Gasteiger partial charge in [-0.1, -0.05) is 28.1 Å². The van der Waals surface area contributed by atoms with Crippen LogP contribution in [0.25, 0.3) is 0 Å². The summed E-state index contributed by atoms with van der Waals surface area (Å²) in [6.07, 6.45) is 0.306. The standard InChI is InChI=1S/C13H11BrN2O2/c1-18-13-6-5-11(15-16-13)12(17)8-9-3-2-4-10(14)7-9/h2-7H,8H2,1H3. The fourth-order valence-corrected chi connectivity index (χ4v) is 1.95. The quantitative estimate of drug-likeness (QED) is 0.815. The van der Waals surface area contributed by atoms with E-state index in [1.165, 1.54) is 7.11 Å². The predicted molar refractivity (Wildman–Crippen MR) is 70.8 cm³/mol. The molecule has 1 aromatic heterocycles. The number of carbonyl (C=O) groups excluding carboxylic acids is 1. The molecule has 92 valence electrons. The van der Waals surface area contributed by atoms with Gasteiger partial charge in [0.2, 0.25) is 5.88 Å². The molecule has 1 heterocycles. The van der Waals surface area contributed by atoms with Crippen molar-refractivity contribution in [2.75, 3.05) is 7.11 Å². The Kier molecular flexibility index (Phi) is 4.04. The summed E-state index contributed by atoms with van der Waals surface area (Å²) in [5.74, 6) is 0.331. The Balaban J connectivity index is 2.11. The third-order valence-electron chi connectivity index (χ3n) is 2.39. The number of ketones is 1. The number of halogens is 1. The Hall–Kier alpha value is -1.75. The summed E-state index contributed by atoms with van der Waals surface area (Å²) in [5, 5.41) is 7.61. The largest absolute Gasteiger partial charge is 0.480 e. The summed E-state index contributed by atoms with van der Waals surface area (Å²) in [4.78, 5) is 12.0. The molecule has 0 radical (unpaired) electrons. The van der Waals surface area contributed by atoms with E-state index in [1.807, 2.05) is 24.3 Å². The zero-order valence-electron chi connectivity index (χ0n) is 9.76. The van der Waals surface area contributed by atoms with Crippen LogP contribution < -0.4 is 4.74 Å². The molecule has 0 saturated heterocycles. The number of rotatable bonds is 4. The average molecular weight is 307 g/mol. The van der Waals surface area contributed by atoms with Gasteiger partial charge in [0, 0.05) is 17.0 Å². The summed E-state index contributed by atoms with van der Waals surface area (Å²) in [6, 6.07) is 10.9. The molecule has 5 heteroatoms. The number of aromatic nitrogens is 2. The van der Waals surface area contributed by atoms with Crippen LogP contribution in [0, 0.1) is 0 Å². The van der Waals surface area contributed by atoms with E-state index in [1.54, 1.807) is 12.1 Å². The van der Waals surface area contributed by atoms with Crippen molar-refractivity contribution < 1.29 is 9.53 Å². The molecule has 2 aromatic rings. The average Bonchev–Trinajstić information content (AvgIpc) is 2.39. The van der Waals surface area contributed by atoms with E-state index in [9.17, 15) is 4.79 Å². The molecule has 0 amide bonds. The van der Waals surface area contributed by atoms with Crippen LogP contribution in [0.3, 0.4) is 0 Å². The molecule has 18 heavy (non-hydrogen) atoms. The summed E-state index contributed by atoms with van der Waals surface area (Å²) in [5.41, 5.74) is 1.28. The van der Waals surface area contributed by atoms with Crippen molar-refractivity contribution in [3.8, 4) is 5.88 Å². The van der Waals surface area contributed by atoms with Crippen LogP contribution in [0.4, 0.5) is 0 Å². The Bertz CT molecular complexity index is 555. The van der Waals surface area contributed by atoms with Gasteiger partial charge in [-0.2, -0.15) is 0 Å². The van der Waals surface area contributed by atoms with Gasteiger partial charge < -0.3 is 4.74 Å². The van der Waals surface area contributed by atoms with E-state index in [0.29, 0.717) is 18.0 Å². The second-order valence-electron chi connectivity index (χ2n) is 3.69. The van der Waals surface area contributed by atoms with Gasteiger partial charge in [0.05, 0.1) is 7.11 Å². The van der Waals surface area contributed by atoms with E-state index >= 15 is 0 Å². The van der Waals surface area contributed by atoms with E-state index in [-0.39, 0.29) is 5.78 Å². The molecule has 0 saturated carbocycles. The van der Waals surface area contributed by atoms with Gasteiger partial charge in [-0.25, -0.2) is 0 Å². The molecule has 0 aliphatic heterocycles. The SMILES string of the molecule is COc1ccc(C(=O)Cc2cccc(Br)c2)nn1. The van der Waals surface area contributed by atoms with Gasteiger partial charge in [-0.05, 0) is 23.8 Å². The first-order valence-electron chi connectivity index (χ1n) is 5.34. The summed E-state index contributed by atoms with van der Waals surface area (Å²) in [6.45, 7) is 0. The fourth-order valence-electron chi connectivity index (χ4n) is 1.50. The first kappa shape index (κ1) is 12.7. The molecule has 2 rings (SSSR count). The monoisotopic (exact) mass is 306 g/mol. The molecule has 0 atom stereocenters. The first-order chi connectivity index (χ1) is 8.69. The molecule has 0 fully saturated rings. The maximum atomic E-state index is 12.0. The second-order valence-corrected chi connectivity index (χ2v) is 4.61. The molecule has 4 nitrogen and oxygen atoms in total. The van der Waals surface area contributed by atoms with Crippen molar-refractivity contribution in [2.45, 2.75) is 6.42 Å². The second kappa shape index (κ2) is 5.73. The van der Waals surface area contributed by atoms with Crippen molar-refractivity contribution in [3.63, 3.8) is 0 Å². The number of carbonyl (C=O) groups is 1. The maximum absolute atomic E-state index is 12.0. The van der Waals surface area contributed by atoms with Crippen molar-refractivity contribution in [1.82, 2.24) is 10.2 Å². The van der Waals surface area contributed by atoms with Crippen molar-refractivity contribution in [2.24, 2.45) is 0 Å². The number of methoxy groups -OCH3 is 1. The lowest BCUT2D eigenvalue weighted by atomic mass is 10.1. The lowest BCUT2D eigenvalue weighted by Gasteiger charge is -2.02. The van der Waals surface area contributed by atoms with Crippen LogP contribution in [-0.4, -0.2) is 23.1 Å². The van der Waals surface area contributed by atoms with Gasteiger partial charge in [-0.3, -0.25) is 4.79 Å². The van der Waals surface area contributed by atoms with Crippen molar-refractivity contribution in [3.05, 3.63) is 52.1 Å². The Labute approximate surface area is 113 Å². The normalized spacial score (nSPS) is 10.1. The van der Waals surface area contributed by atoms with Crippen LogP contribution in [0.1, 0.15) is 16.1 Å². The zero-order valence-corrected chi connectivity index (χ0v) is 11.3. The molecular weight excluding hydrogens is 296 g/mol.